The van der Waals surface area contributed by atoms with Gasteiger partial charge in [-0.25, -0.2) is 15.8 Å². The van der Waals surface area contributed by atoms with Crippen molar-refractivity contribution >= 4 is 23.4 Å². The topological polar surface area (TPSA) is 75.9 Å². The van der Waals surface area contributed by atoms with Crippen molar-refractivity contribution in [2.45, 2.75) is 46.6 Å². The predicted molar refractivity (Wildman–Crippen MR) is 84.8 cm³/mol. The Bertz CT molecular complexity index is 408. The Morgan fingerprint density at radius 3 is 2.37 bits per heavy atom. The van der Waals surface area contributed by atoms with E-state index in [9.17, 15) is 0 Å². The maximum atomic E-state index is 5.53. The highest BCUT2D eigenvalue weighted by Crippen LogP contribution is 2.23. The van der Waals surface area contributed by atoms with Crippen LogP contribution in [0.1, 0.15) is 45.0 Å². The number of nitrogen functional groups attached to an aromatic ring is 1. The molecule has 1 aromatic rings. The van der Waals surface area contributed by atoms with E-state index in [1.807, 2.05) is 18.7 Å². The number of nitrogens with one attached hydrogen (secondary N) is 2. The van der Waals surface area contributed by atoms with Gasteiger partial charge < -0.3 is 10.7 Å². The van der Waals surface area contributed by atoms with E-state index in [1.165, 1.54) is 0 Å². The molecule has 6 heteroatoms. The first-order chi connectivity index (χ1) is 8.99. The lowest BCUT2D eigenvalue weighted by Crippen LogP contribution is -2.22. The van der Waals surface area contributed by atoms with Gasteiger partial charge in [-0.2, -0.15) is 11.8 Å². The van der Waals surface area contributed by atoms with Gasteiger partial charge in [0.05, 0.1) is 0 Å². The highest BCUT2D eigenvalue weighted by molar-refractivity contribution is 7.99. The molecule has 0 aliphatic rings. The molecule has 108 valence electrons. The lowest BCUT2D eigenvalue weighted by Gasteiger charge is -2.18. The number of hydrogen-bond acceptors (Lipinski definition) is 6. The molecule has 0 spiro atoms. The van der Waals surface area contributed by atoms with Crippen LogP contribution < -0.4 is 16.6 Å². The average molecular weight is 283 g/mol. The summed E-state index contributed by atoms with van der Waals surface area (Å²) < 4.78 is 0. The van der Waals surface area contributed by atoms with Crippen molar-refractivity contribution in [3.63, 3.8) is 0 Å². The highest BCUT2D eigenvalue weighted by Gasteiger charge is 2.14. The molecule has 0 saturated heterocycles. The minimum atomic E-state index is 0.272. The lowest BCUT2D eigenvalue weighted by atomic mass is 10.2. The Morgan fingerprint density at radius 1 is 1.21 bits per heavy atom. The highest BCUT2D eigenvalue weighted by atomic mass is 32.2. The number of anilines is 2. The minimum Gasteiger partial charge on any atom is -0.366 e. The number of nitrogens with two attached hydrogens (primary N) is 1. The first-order valence-corrected chi connectivity index (χ1v) is 7.84. The van der Waals surface area contributed by atoms with Crippen LogP contribution in [-0.4, -0.2) is 27.5 Å². The first-order valence-electron chi connectivity index (χ1n) is 6.69. The quantitative estimate of drug-likeness (QED) is 0.528. The van der Waals surface area contributed by atoms with Crippen molar-refractivity contribution < 1.29 is 0 Å². The van der Waals surface area contributed by atoms with Gasteiger partial charge in [0.25, 0.3) is 0 Å². The summed E-state index contributed by atoms with van der Waals surface area (Å²) in [5.41, 5.74) is 3.61. The van der Waals surface area contributed by atoms with Crippen molar-refractivity contribution in [1.82, 2.24) is 9.97 Å². The van der Waals surface area contributed by atoms with E-state index in [0.29, 0.717) is 11.9 Å². The van der Waals surface area contributed by atoms with E-state index in [2.05, 4.69) is 48.4 Å². The lowest BCUT2D eigenvalue weighted by molar-refractivity contribution is 0.768. The third-order valence-electron chi connectivity index (χ3n) is 2.77. The maximum Gasteiger partial charge on any atom is 0.148 e. The van der Waals surface area contributed by atoms with Crippen LogP contribution in [0, 0.1) is 6.92 Å². The summed E-state index contributed by atoms with van der Waals surface area (Å²) in [5.74, 6) is 10.3. The van der Waals surface area contributed by atoms with Gasteiger partial charge in [0.15, 0.2) is 0 Å². The van der Waals surface area contributed by atoms with E-state index in [0.717, 1.165) is 28.7 Å². The summed E-state index contributed by atoms with van der Waals surface area (Å²) in [6.07, 6.45) is 0. The van der Waals surface area contributed by atoms with Crippen LogP contribution in [0.4, 0.5) is 11.6 Å². The molecule has 1 rings (SSSR count). The molecule has 0 amide bonds. The zero-order valence-electron chi connectivity index (χ0n) is 12.4. The fraction of sp³-hybridized carbons (Fsp3) is 0.692. The molecular formula is C13H25N5S. The van der Waals surface area contributed by atoms with E-state index < -0.39 is 0 Å². The Hall–Kier alpha value is -1.01. The van der Waals surface area contributed by atoms with Gasteiger partial charge in [-0.15, -0.1) is 0 Å². The molecule has 1 heterocycles. The van der Waals surface area contributed by atoms with Gasteiger partial charge in [-0.3, -0.25) is 0 Å². The van der Waals surface area contributed by atoms with Gasteiger partial charge in [-0.05, 0) is 19.6 Å². The third kappa shape index (κ3) is 4.54. The summed E-state index contributed by atoms with van der Waals surface area (Å²) in [7, 11) is 0. The van der Waals surface area contributed by atoms with Crippen LogP contribution in [0.15, 0.2) is 0 Å². The van der Waals surface area contributed by atoms with Crippen LogP contribution >= 0.6 is 11.8 Å². The summed E-state index contributed by atoms with van der Waals surface area (Å²) in [6, 6.07) is 0.365. The average Bonchev–Trinajstić information content (AvgIpc) is 2.38. The third-order valence-corrected chi connectivity index (χ3v) is 3.92. The number of hydrogen-bond donors (Lipinski definition) is 3. The van der Waals surface area contributed by atoms with Crippen LogP contribution in [0.25, 0.3) is 0 Å². The molecule has 0 aromatic carbocycles. The van der Waals surface area contributed by atoms with E-state index >= 15 is 0 Å². The second kappa shape index (κ2) is 7.55. The SMILES string of the molecule is CCSCC(C)Nc1nc(C(C)C)nc(NN)c1C. The Morgan fingerprint density at radius 2 is 1.84 bits per heavy atom. The smallest absolute Gasteiger partial charge is 0.148 e. The van der Waals surface area contributed by atoms with Crippen molar-refractivity contribution in [2.75, 3.05) is 22.2 Å². The molecule has 5 nitrogen and oxygen atoms in total. The van der Waals surface area contributed by atoms with Crippen LogP contribution in [0.2, 0.25) is 0 Å². The molecule has 0 radical (unpaired) electrons. The zero-order valence-corrected chi connectivity index (χ0v) is 13.3. The second-order valence-electron chi connectivity index (χ2n) is 4.91. The number of aromatic nitrogens is 2. The molecule has 0 aliphatic carbocycles. The predicted octanol–water partition coefficient (Wildman–Crippen LogP) is 2.75. The number of nitrogens with zero attached hydrogens (tertiary/aromatic N) is 2. The molecule has 1 aromatic heterocycles. The van der Waals surface area contributed by atoms with E-state index in [-0.39, 0.29) is 5.92 Å². The Kier molecular flexibility index (Phi) is 6.37. The van der Waals surface area contributed by atoms with Gasteiger partial charge in [0, 0.05) is 23.3 Å². The van der Waals surface area contributed by atoms with Crippen LogP contribution in [0.5, 0.6) is 0 Å². The maximum absolute atomic E-state index is 5.53. The van der Waals surface area contributed by atoms with Crippen LogP contribution in [-0.2, 0) is 0 Å². The fourth-order valence-corrected chi connectivity index (χ4v) is 2.32. The Balaban J connectivity index is 2.94. The number of thioether (sulfide) groups is 1. The standard InChI is InChI=1S/C13H25N5S/c1-6-19-7-9(4)15-12-10(5)13(18-14)17-11(16-12)8(2)3/h8-9H,6-7,14H2,1-5H3,(H2,15,16,17,18). The van der Waals surface area contributed by atoms with Crippen molar-refractivity contribution in [2.24, 2.45) is 5.84 Å². The van der Waals surface area contributed by atoms with Gasteiger partial charge in [-0.1, -0.05) is 20.8 Å². The summed E-state index contributed by atoms with van der Waals surface area (Å²) >= 11 is 1.92. The summed E-state index contributed by atoms with van der Waals surface area (Å²) in [4.78, 5) is 9.03. The molecule has 0 aliphatic heterocycles. The Labute approximate surface area is 120 Å². The van der Waals surface area contributed by atoms with E-state index in [1.54, 1.807) is 0 Å². The molecule has 1 unspecified atom stereocenters. The largest absolute Gasteiger partial charge is 0.366 e. The van der Waals surface area contributed by atoms with Crippen molar-refractivity contribution in [3.8, 4) is 0 Å². The van der Waals surface area contributed by atoms with Gasteiger partial charge >= 0.3 is 0 Å². The molecule has 0 bridgehead atoms. The molecule has 0 fully saturated rings. The number of hydrazine groups is 1. The van der Waals surface area contributed by atoms with Crippen molar-refractivity contribution in [3.05, 3.63) is 11.4 Å². The normalized spacial score (nSPS) is 12.6. The monoisotopic (exact) mass is 283 g/mol. The molecule has 1 atom stereocenters. The molecule has 0 saturated carbocycles. The summed E-state index contributed by atoms with van der Waals surface area (Å²) in [5, 5.41) is 3.45. The number of rotatable bonds is 7. The fourth-order valence-electron chi connectivity index (χ4n) is 1.64. The van der Waals surface area contributed by atoms with Gasteiger partial charge in [0.1, 0.15) is 17.5 Å². The minimum absolute atomic E-state index is 0.272. The molecule has 19 heavy (non-hydrogen) atoms. The molecule has 4 N–H and O–H groups in total. The van der Waals surface area contributed by atoms with E-state index in [4.69, 9.17) is 5.84 Å². The van der Waals surface area contributed by atoms with Gasteiger partial charge in [0.2, 0.25) is 0 Å². The van der Waals surface area contributed by atoms with Crippen molar-refractivity contribution in [1.29, 1.82) is 0 Å². The zero-order chi connectivity index (χ0) is 14.4. The second-order valence-corrected chi connectivity index (χ2v) is 6.23. The first kappa shape index (κ1) is 16.0. The molecular weight excluding hydrogens is 258 g/mol. The van der Waals surface area contributed by atoms with Crippen LogP contribution in [0.3, 0.4) is 0 Å². The summed E-state index contributed by atoms with van der Waals surface area (Å²) in [6.45, 7) is 10.5.